The summed E-state index contributed by atoms with van der Waals surface area (Å²) in [4.78, 5) is 13.4. The molecule has 0 radical (unpaired) electrons. The maximum Gasteiger partial charge on any atom is 0.235 e. The van der Waals surface area contributed by atoms with Gasteiger partial charge in [0.2, 0.25) is 15.9 Å². The number of likely N-dealkylation sites (N-methyl/N-ethyl adjacent to an activating group) is 1. The molecule has 0 rings (SSSR count). The third kappa shape index (κ3) is 8.40. The average Bonchev–Trinajstić information content (AvgIpc) is 2.22. The van der Waals surface area contributed by atoms with E-state index in [1.54, 1.807) is 0 Å². The summed E-state index contributed by atoms with van der Waals surface area (Å²) >= 11 is 0. The first kappa shape index (κ1) is 17.3. The van der Waals surface area contributed by atoms with E-state index in [0.717, 1.165) is 10.6 Å². The van der Waals surface area contributed by atoms with Crippen molar-refractivity contribution in [1.82, 2.24) is 14.5 Å². The Bertz CT molecular complexity index is 343. The smallest absolute Gasteiger partial charge is 0.235 e. The lowest BCUT2D eigenvalue weighted by molar-refractivity contribution is -0.121. The predicted molar refractivity (Wildman–Crippen MR) is 69.9 cm³/mol. The molecule has 0 aromatic rings. The monoisotopic (exact) mass is 281 g/mol. The van der Waals surface area contributed by atoms with Gasteiger partial charge in [0.1, 0.15) is 0 Å². The number of nitrogens with one attached hydrogen (secondary N) is 1. The van der Waals surface area contributed by atoms with Gasteiger partial charge in [-0.2, -0.15) is 4.31 Å². The molecule has 18 heavy (non-hydrogen) atoms. The molecule has 0 spiro atoms. The maximum absolute atomic E-state index is 11.5. The molecule has 1 amide bonds. The third-order valence-electron chi connectivity index (χ3n) is 2.21. The highest BCUT2D eigenvalue weighted by atomic mass is 32.2. The summed E-state index contributed by atoms with van der Waals surface area (Å²) < 4.78 is 29.0. The van der Waals surface area contributed by atoms with Crippen LogP contribution < -0.4 is 5.32 Å². The van der Waals surface area contributed by atoms with Gasteiger partial charge in [-0.25, -0.2) is 8.42 Å². The van der Waals surface area contributed by atoms with Crippen molar-refractivity contribution in [2.75, 3.05) is 60.2 Å². The first-order chi connectivity index (χ1) is 8.27. The fraction of sp³-hybridized carbons (Fsp3) is 0.900. The molecule has 0 fully saturated rings. The van der Waals surface area contributed by atoms with E-state index in [-0.39, 0.29) is 12.5 Å². The Hall–Kier alpha value is -0.700. The van der Waals surface area contributed by atoms with Crippen molar-refractivity contribution in [3.63, 3.8) is 0 Å². The fourth-order valence-electron chi connectivity index (χ4n) is 1.18. The number of rotatable bonds is 9. The van der Waals surface area contributed by atoms with Crippen LogP contribution in [0.4, 0.5) is 0 Å². The molecule has 0 aliphatic carbocycles. The molecule has 0 bridgehead atoms. The highest BCUT2D eigenvalue weighted by molar-refractivity contribution is 7.88. The van der Waals surface area contributed by atoms with Gasteiger partial charge in [0, 0.05) is 26.7 Å². The Morgan fingerprint density at radius 2 is 1.89 bits per heavy atom. The Morgan fingerprint density at radius 3 is 2.33 bits per heavy atom. The Labute approximate surface area is 109 Å². The zero-order chi connectivity index (χ0) is 14.2. The summed E-state index contributed by atoms with van der Waals surface area (Å²) in [5, 5.41) is 2.59. The van der Waals surface area contributed by atoms with E-state index in [0.29, 0.717) is 26.2 Å². The maximum atomic E-state index is 11.5. The van der Waals surface area contributed by atoms with E-state index in [4.69, 9.17) is 4.74 Å². The van der Waals surface area contributed by atoms with E-state index in [1.807, 2.05) is 19.0 Å². The fourth-order valence-corrected chi connectivity index (χ4v) is 1.95. The number of amides is 1. The molecule has 0 heterocycles. The molecule has 7 nitrogen and oxygen atoms in total. The summed E-state index contributed by atoms with van der Waals surface area (Å²) in [6, 6.07) is 0. The van der Waals surface area contributed by atoms with Crippen molar-refractivity contribution in [1.29, 1.82) is 0 Å². The van der Waals surface area contributed by atoms with Crippen LogP contribution in [-0.4, -0.2) is 83.8 Å². The predicted octanol–water partition coefficient (Wildman–Crippen LogP) is -1.43. The van der Waals surface area contributed by atoms with Gasteiger partial charge in [-0.3, -0.25) is 4.79 Å². The van der Waals surface area contributed by atoms with Gasteiger partial charge in [-0.05, 0) is 14.1 Å². The van der Waals surface area contributed by atoms with Crippen LogP contribution in [0.2, 0.25) is 0 Å². The van der Waals surface area contributed by atoms with Crippen molar-refractivity contribution < 1.29 is 17.9 Å². The minimum atomic E-state index is -3.37. The Balaban J connectivity index is 4.28. The van der Waals surface area contributed by atoms with Crippen LogP contribution in [0.5, 0.6) is 0 Å². The van der Waals surface area contributed by atoms with E-state index in [2.05, 4.69) is 5.32 Å². The van der Waals surface area contributed by atoms with Crippen LogP contribution in [0.1, 0.15) is 0 Å². The normalized spacial score (nSPS) is 12.1. The number of carbonyl (C=O) groups is 1. The highest BCUT2D eigenvalue weighted by Gasteiger charge is 2.19. The van der Waals surface area contributed by atoms with Crippen LogP contribution in [0.3, 0.4) is 0 Å². The third-order valence-corrected chi connectivity index (χ3v) is 3.46. The lowest BCUT2D eigenvalue weighted by Gasteiger charge is -2.21. The molecular formula is C10H23N3O4S. The molecule has 108 valence electrons. The van der Waals surface area contributed by atoms with Crippen molar-refractivity contribution >= 4 is 15.9 Å². The topological polar surface area (TPSA) is 79.0 Å². The SMILES string of the molecule is COCCNC(=O)CN(CCN(C)C)S(C)(=O)=O. The van der Waals surface area contributed by atoms with Crippen molar-refractivity contribution in [3.8, 4) is 0 Å². The number of ether oxygens (including phenoxy) is 1. The lowest BCUT2D eigenvalue weighted by Crippen LogP contribution is -2.43. The molecule has 0 unspecified atom stereocenters. The molecule has 0 saturated carbocycles. The number of carbonyl (C=O) groups excluding carboxylic acids is 1. The van der Waals surface area contributed by atoms with E-state index >= 15 is 0 Å². The van der Waals surface area contributed by atoms with E-state index in [9.17, 15) is 13.2 Å². The van der Waals surface area contributed by atoms with Crippen molar-refractivity contribution in [2.24, 2.45) is 0 Å². The summed E-state index contributed by atoms with van der Waals surface area (Å²) in [6.45, 7) is 1.49. The molecule has 0 saturated heterocycles. The molecule has 0 aromatic carbocycles. The average molecular weight is 281 g/mol. The van der Waals surface area contributed by atoms with Crippen molar-refractivity contribution in [2.45, 2.75) is 0 Å². The molecule has 0 aliphatic rings. The first-order valence-electron chi connectivity index (χ1n) is 5.63. The Morgan fingerprint density at radius 1 is 1.28 bits per heavy atom. The number of nitrogens with zero attached hydrogens (tertiary/aromatic N) is 2. The largest absolute Gasteiger partial charge is 0.383 e. The second-order valence-corrected chi connectivity index (χ2v) is 6.23. The van der Waals surface area contributed by atoms with Crippen LogP contribution in [-0.2, 0) is 19.6 Å². The number of hydrogen-bond donors (Lipinski definition) is 1. The van der Waals surface area contributed by atoms with Gasteiger partial charge in [0.15, 0.2) is 0 Å². The summed E-state index contributed by atoms with van der Waals surface area (Å²) in [7, 11) is 1.85. The molecule has 0 atom stereocenters. The molecule has 0 aromatic heterocycles. The highest BCUT2D eigenvalue weighted by Crippen LogP contribution is 1.97. The minimum Gasteiger partial charge on any atom is -0.383 e. The van der Waals surface area contributed by atoms with E-state index < -0.39 is 10.0 Å². The van der Waals surface area contributed by atoms with Gasteiger partial charge >= 0.3 is 0 Å². The minimum absolute atomic E-state index is 0.156. The molecule has 1 N–H and O–H groups in total. The quantitative estimate of drug-likeness (QED) is 0.524. The molecule has 0 aliphatic heterocycles. The van der Waals surface area contributed by atoms with Crippen LogP contribution >= 0.6 is 0 Å². The number of sulfonamides is 1. The van der Waals surface area contributed by atoms with E-state index in [1.165, 1.54) is 7.11 Å². The first-order valence-corrected chi connectivity index (χ1v) is 7.47. The van der Waals surface area contributed by atoms with Crippen LogP contribution in [0, 0.1) is 0 Å². The van der Waals surface area contributed by atoms with Gasteiger partial charge in [-0.15, -0.1) is 0 Å². The molecule has 8 heteroatoms. The number of hydrogen-bond acceptors (Lipinski definition) is 5. The summed E-state index contributed by atoms with van der Waals surface area (Å²) in [5.41, 5.74) is 0. The second kappa shape index (κ2) is 8.41. The van der Waals surface area contributed by atoms with Crippen LogP contribution in [0.25, 0.3) is 0 Å². The standard InChI is InChI=1S/C10H23N3O4S/c1-12(2)6-7-13(18(4,15)16)9-10(14)11-5-8-17-3/h5-9H2,1-4H3,(H,11,14). The Kier molecular flexibility index (Phi) is 8.08. The number of methoxy groups -OCH3 is 1. The van der Waals surface area contributed by atoms with Crippen molar-refractivity contribution in [3.05, 3.63) is 0 Å². The molecular weight excluding hydrogens is 258 g/mol. The van der Waals surface area contributed by atoms with Gasteiger partial charge in [0.05, 0.1) is 19.4 Å². The van der Waals surface area contributed by atoms with Gasteiger partial charge in [-0.1, -0.05) is 0 Å². The van der Waals surface area contributed by atoms with Gasteiger partial charge < -0.3 is 15.0 Å². The van der Waals surface area contributed by atoms with Crippen LogP contribution in [0.15, 0.2) is 0 Å². The summed E-state index contributed by atoms with van der Waals surface area (Å²) in [6.07, 6.45) is 1.10. The van der Waals surface area contributed by atoms with Gasteiger partial charge in [0.25, 0.3) is 0 Å². The lowest BCUT2D eigenvalue weighted by atomic mass is 10.5. The zero-order valence-corrected chi connectivity index (χ0v) is 12.3. The summed E-state index contributed by atoms with van der Waals surface area (Å²) in [5.74, 6) is -0.323. The zero-order valence-electron chi connectivity index (χ0n) is 11.5. The second-order valence-electron chi connectivity index (χ2n) is 4.24.